The van der Waals surface area contributed by atoms with Gasteiger partial charge in [-0.2, -0.15) is 0 Å². The number of fused-ring (bicyclic) bond motifs is 2. The molecular weight excluding hydrogens is 324 g/mol. The maximum Gasteiger partial charge on any atom is 0.343 e. The van der Waals surface area contributed by atoms with Crippen molar-refractivity contribution in [2.45, 2.75) is 12.5 Å². The summed E-state index contributed by atoms with van der Waals surface area (Å²) in [5, 5.41) is 21.3. The van der Waals surface area contributed by atoms with Gasteiger partial charge in [-0.25, -0.2) is 4.79 Å². The lowest BCUT2D eigenvalue weighted by atomic mass is 9.87. The van der Waals surface area contributed by atoms with Crippen LogP contribution in [-0.4, -0.2) is 16.2 Å². The predicted octanol–water partition coefficient (Wildman–Crippen LogP) is 2.31. The van der Waals surface area contributed by atoms with Gasteiger partial charge in [0.25, 0.3) is 0 Å². The third-order valence-corrected chi connectivity index (χ3v) is 4.43. The number of rotatable bonds is 2. The second-order valence-electron chi connectivity index (χ2n) is 5.93. The van der Waals surface area contributed by atoms with Crippen LogP contribution in [0.5, 0.6) is 11.5 Å². The summed E-state index contributed by atoms with van der Waals surface area (Å²) < 4.78 is 10.4. The summed E-state index contributed by atoms with van der Waals surface area (Å²) in [4.78, 5) is 24.5. The van der Waals surface area contributed by atoms with Crippen LogP contribution in [0.1, 0.15) is 17.2 Å². The molecule has 126 valence electrons. The van der Waals surface area contributed by atoms with Gasteiger partial charge < -0.3 is 19.4 Å². The van der Waals surface area contributed by atoms with Gasteiger partial charge in [0.15, 0.2) is 0 Å². The Balaban J connectivity index is 1.77. The number of hydrogen-bond acceptors (Lipinski definition) is 6. The quantitative estimate of drug-likeness (QED) is 0.423. The van der Waals surface area contributed by atoms with E-state index in [0.717, 1.165) is 0 Å². The number of aliphatic hydroxyl groups is 1. The SMILES string of the molecule is O=C1Oc2ccccc2C(O)C1Cc1c(O)c2ccccc2oc1=O. The number of hydrogen-bond donors (Lipinski definition) is 2. The van der Waals surface area contributed by atoms with Gasteiger partial charge in [0.2, 0.25) is 0 Å². The van der Waals surface area contributed by atoms with Crippen molar-refractivity contribution in [2.75, 3.05) is 0 Å². The first-order chi connectivity index (χ1) is 12.1. The van der Waals surface area contributed by atoms with Crippen LogP contribution >= 0.6 is 0 Å². The standard InChI is InChI=1S/C19H14O6/c20-16-10-5-1-3-7-14(10)24-18(22)12(16)9-13-17(21)11-6-2-4-8-15(11)25-19(13)23/h1-8,12,16,20-21H,9H2. The minimum Gasteiger partial charge on any atom is -0.507 e. The summed E-state index contributed by atoms with van der Waals surface area (Å²) in [6.45, 7) is 0. The summed E-state index contributed by atoms with van der Waals surface area (Å²) in [6, 6.07) is 13.2. The van der Waals surface area contributed by atoms with Crippen LogP contribution in [0.2, 0.25) is 0 Å². The van der Waals surface area contributed by atoms with Crippen molar-refractivity contribution in [1.82, 2.24) is 0 Å². The highest BCUT2D eigenvalue weighted by Crippen LogP contribution is 2.38. The molecule has 2 heterocycles. The molecule has 6 heteroatoms. The fourth-order valence-corrected chi connectivity index (χ4v) is 3.11. The molecule has 0 amide bonds. The number of esters is 1. The van der Waals surface area contributed by atoms with E-state index in [1.54, 1.807) is 48.5 Å². The topological polar surface area (TPSA) is 97.0 Å². The highest BCUT2D eigenvalue weighted by molar-refractivity contribution is 5.84. The van der Waals surface area contributed by atoms with E-state index in [1.165, 1.54) is 0 Å². The number of aromatic hydroxyl groups is 1. The summed E-state index contributed by atoms with van der Waals surface area (Å²) >= 11 is 0. The number of carbonyl (C=O) groups excluding carboxylic acids is 1. The lowest BCUT2D eigenvalue weighted by Crippen LogP contribution is -2.34. The molecule has 2 unspecified atom stereocenters. The van der Waals surface area contributed by atoms with Crippen molar-refractivity contribution in [2.24, 2.45) is 5.92 Å². The smallest absolute Gasteiger partial charge is 0.343 e. The molecule has 6 nitrogen and oxygen atoms in total. The molecule has 1 aliphatic heterocycles. The molecule has 1 aromatic heterocycles. The highest BCUT2D eigenvalue weighted by atomic mass is 16.5. The number of aliphatic hydroxyl groups excluding tert-OH is 1. The Kier molecular flexibility index (Phi) is 3.54. The van der Waals surface area contributed by atoms with Gasteiger partial charge in [0.1, 0.15) is 17.1 Å². The molecule has 0 bridgehead atoms. The van der Waals surface area contributed by atoms with Crippen LogP contribution in [0.4, 0.5) is 0 Å². The predicted molar refractivity (Wildman–Crippen MR) is 88.4 cm³/mol. The Hall–Kier alpha value is -3.12. The second kappa shape index (κ2) is 5.75. The average molecular weight is 338 g/mol. The Morgan fingerprint density at radius 3 is 2.56 bits per heavy atom. The van der Waals surface area contributed by atoms with E-state index >= 15 is 0 Å². The number of benzene rings is 2. The fourth-order valence-electron chi connectivity index (χ4n) is 3.11. The summed E-state index contributed by atoms with van der Waals surface area (Å²) in [5.74, 6) is -1.61. The Bertz CT molecular complexity index is 1040. The number of ether oxygens (including phenoxy) is 1. The van der Waals surface area contributed by atoms with Crippen LogP contribution in [0, 0.1) is 5.92 Å². The van der Waals surface area contributed by atoms with Crippen LogP contribution in [0.25, 0.3) is 11.0 Å². The van der Waals surface area contributed by atoms with Crippen molar-refractivity contribution in [3.8, 4) is 11.5 Å². The van der Waals surface area contributed by atoms with E-state index in [1.807, 2.05) is 0 Å². The van der Waals surface area contributed by atoms with Crippen molar-refractivity contribution in [1.29, 1.82) is 0 Å². The molecule has 4 rings (SSSR count). The monoisotopic (exact) mass is 338 g/mol. The van der Waals surface area contributed by atoms with Crippen molar-refractivity contribution in [3.05, 3.63) is 70.1 Å². The van der Waals surface area contributed by atoms with Gasteiger partial charge in [-0.05, 0) is 24.6 Å². The molecule has 1 aliphatic rings. The van der Waals surface area contributed by atoms with Gasteiger partial charge >= 0.3 is 11.6 Å². The van der Waals surface area contributed by atoms with Crippen LogP contribution in [0.15, 0.2) is 57.7 Å². The molecule has 0 aliphatic carbocycles. The molecule has 2 N–H and O–H groups in total. The normalized spacial score (nSPS) is 19.5. The number of para-hydroxylation sites is 2. The van der Waals surface area contributed by atoms with Crippen molar-refractivity contribution >= 4 is 16.9 Å². The molecule has 25 heavy (non-hydrogen) atoms. The van der Waals surface area contributed by atoms with E-state index in [2.05, 4.69) is 0 Å². The molecule has 0 fully saturated rings. The third kappa shape index (κ3) is 2.47. The first-order valence-corrected chi connectivity index (χ1v) is 7.78. The third-order valence-electron chi connectivity index (χ3n) is 4.43. The van der Waals surface area contributed by atoms with Crippen LogP contribution in [0.3, 0.4) is 0 Å². The lowest BCUT2D eigenvalue weighted by molar-refractivity contribution is -0.145. The Morgan fingerprint density at radius 2 is 1.72 bits per heavy atom. The first kappa shape index (κ1) is 15.4. The van der Waals surface area contributed by atoms with E-state index in [0.29, 0.717) is 16.7 Å². The molecule has 0 saturated carbocycles. The van der Waals surface area contributed by atoms with Crippen molar-refractivity contribution < 1.29 is 24.2 Å². The van der Waals surface area contributed by atoms with Crippen LogP contribution in [-0.2, 0) is 11.2 Å². The summed E-state index contributed by atoms with van der Waals surface area (Å²) in [7, 11) is 0. The number of carbonyl (C=O) groups is 1. The average Bonchev–Trinajstić information content (AvgIpc) is 2.61. The minimum atomic E-state index is -1.14. The molecule has 0 spiro atoms. The van der Waals surface area contributed by atoms with E-state index in [4.69, 9.17) is 9.15 Å². The molecule has 0 saturated heterocycles. The second-order valence-corrected chi connectivity index (χ2v) is 5.93. The zero-order chi connectivity index (χ0) is 17.6. The Labute approximate surface area is 141 Å². The first-order valence-electron chi connectivity index (χ1n) is 7.78. The fraction of sp³-hybridized carbons (Fsp3) is 0.158. The van der Waals surface area contributed by atoms with Gasteiger partial charge in [-0.1, -0.05) is 30.3 Å². The van der Waals surface area contributed by atoms with Gasteiger partial charge in [0, 0.05) is 5.56 Å². The molecule has 2 aromatic carbocycles. The zero-order valence-corrected chi connectivity index (χ0v) is 13.0. The van der Waals surface area contributed by atoms with Crippen LogP contribution < -0.4 is 10.4 Å². The van der Waals surface area contributed by atoms with E-state index in [9.17, 15) is 19.8 Å². The molecule has 2 atom stereocenters. The Morgan fingerprint density at radius 1 is 1.00 bits per heavy atom. The maximum absolute atomic E-state index is 12.3. The zero-order valence-electron chi connectivity index (χ0n) is 13.0. The lowest BCUT2D eigenvalue weighted by Gasteiger charge is -2.28. The summed E-state index contributed by atoms with van der Waals surface area (Å²) in [5.41, 5.74) is -0.0724. The maximum atomic E-state index is 12.3. The van der Waals surface area contributed by atoms with Gasteiger partial charge in [0.05, 0.1) is 23.0 Å². The van der Waals surface area contributed by atoms with Crippen molar-refractivity contribution in [3.63, 3.8) is 0 Å². The minimum absolute atomic E-state index is 0.0564. The van der Waals surface area contributed by atoms with Gasteiger partial charge in [-0.15, -0.1) is 0 Å². The molecular formula is C19H14O6. The molecule has 3 aromatic rings. The largest absolute Gasteiger partial charge is 0.507 e. The van der Waals surface area contributed by atoms with Gasteiger partial charge in [-0.3, -0.25) is 4.79 Å². The molecule has 0 radical (unpaired) electrons. The highest BCUT2D eigenvalue weighted by Gasteiger charge is 2.38. The summed E-state index contributed by atoms with van der Waals surface area (Å²) in [6.07, 6.45) is -1.32. The van der Waals surface area contributed by atoms with E-state index in [-0.39, 0.29) is 23.3 Å². The van der Waals surface area contributed by atoms with E-state index < -0.39 is 23.6 Å².